The second-order valence-corrected chi connectivity index (χ2v) is 5.66. The molecule has 1 aliphatic carbocycles. The van der Waals surface area contributed by atoms with Crippen molar-refractivity contribution in [2.45, 2.75) is 25.4 Å². The number of ether oxygens (including phenoxy) is 2. The molecule has 0 aliphatic heterocycles. The minimum absolute atomic E-state index is 0.0552. The lowest BCUT2D eigenvalue weighted by Gasteiger charge is -2.24. The van der Waals surface area contributed by atoms with Crippen LogP contribution in [0, 0.1) is 0 Å². The van der Waals surface area contributed by atoms with Crippen molar-refractivity contribution in [2.24, 2.45) is 0 Å². The third-order valence-electron chi connectivity index (χ3n) is 4.00. The molecular weight excluding hydrogens is 288 g/mol. The Balaban J connectivity index is 1.72. The molecule has 0 spiro atoms. The molecule has 2 aromatic carbocycles. The largest absolute Gasteiger partial charge is 0.497 e. The standard InChI is InChI=1S/C20H20O3/c1-22-17-9-7-15(8-10-17)13-16-14-19(11-12-20(16)21)23-18-5-3-2-4-6-18/h2-10,13,19H,11-12,14H2,1H3/b16-13-. The fourth-order valence-electron chi connectivity index (χ4n) is 2.75. The highest BCUT2D eigenvalue weighted by molar-refractivity contribution is 6.00. The van der Waals surface area contributed by atoms with E-state index in [1.165, 1.54) is 0 Å². The van der Waals surface area contributed by atoms with Crippen LogP contribution in [0.3, 0.4) is 0 Å². The first kappa shape index (κ1) is 15.3. The first-order chi connectivity index (χ1) is 11.2. The van der Waals surface area contributed by atoms with Crippen LogP contribution in [0.1, 0.15) is 24.8 Å². The summed E-state index contributed by atoms with van der Waals surface area (Å²) in [6.07, 6.45) is 3.98. The van der Waals surface area contributed by atoms with Crippen LogP contribution in [0.2, 0.25) is 0 Å². The van der Waals surface area contributed by atoms with E-state index in [4.69, 9.17) is 9.47 Å². The Morgan fingerprint density at radius 2 is 1.74 bits per heavy atom. The SMILES string of the molecule is COc1ccc(/C=C2/CC(Oc3ccccc3)CCC2=O)cc1. The molecule has 0 heterocycles. The number of carbonyl (C=O) groups is 1. The molecule has 1 saturated carbocycles. The molecule has 0 amide bonds. The molecule has 0 radical (unpaired) electrons. The summed E-state index contributed by atoms with van der Waals surface area (Å²) in [4.78, 5) is 12.2. The van der Waals surface area contributed by atoms with Gasteiger partial charge < -0.3 is 9.47 Å². The minimum atomic E-state index is 0.0552. The van der Waals surface area contributed by atoms with Gasteiger partial charge in [0.15, 0.2) is 5.78 Å². The van der Waals surface area contributed by atoms with Crippen LogP contribution < -0.4 is 9.47 Å². The maximum atomic E-state index is 12.2. The number of hydrogen-bond donors (Lipinski definition) is 0. The van der Waals surface area contributed by atoms with Gasteiger partial charge in [0.05, 0.1) is 7.11 Å². The van der Waals surface area contributed by atoms with E-state index in [9.17, 15) is 4.79 Å². The van der Waals surface area contributed by atoms with Crippen molar-refractivity contribution < 1.29 is 14.3 Å². The molecule has 1 aliphatic rings. The average molecular weight is 308 g/mol. The maximum absolute atomic E-state index is 12.2. The summed E-state index contributed by atoms with van der Waals surface area (Å²) < 4.78 is 11.2. The van der Waals surface area contributed by atoms with Crippen LogP contribution in [-0.4, -0.2) is 19.0 Å². The molecule has 0 N–H and O–H groups in total. The Hall–Kier alpha value is -2.55. The monoisotopic (exact) mass is 308 g/mol. The van der Waals surface area contributed by atoms with Gasteiger partial charge in [-0.05, 0) is 47.9 Å². The lowest BCUT2D eigenvalue weighted by Crippen LogP contribution is -2.26. The van der Waals surface area contributed by atoms with Gasteiger partial charge in [-0.25, -0.2) is 0 Å². The van der Waals surface area contributed by atoms with E-state index in [1.54, 1.807) is 7.11 Å². The topological polar surface area (TPSA) is 35.5 Å². The Labute approximate surface area is 136 Å². The normalized spacial score (nSPS) is 19.6. The van der Waals surface area contributed by atoms with Crippen molar-refractivity contribution in [3.05, 3.63) is 65.7 Å². The summed E-state index contributed by atoms with van der Waals surface area (Å²) in [5.74, 6) is 1.89. The summed E-state index contributed by atoms with van der Waals surface area (Å²) >= 11 is 0. The molecule has 3 rings (SSSR count). The molecular formula is C20H20O3. The number of methoxy groups -OCH3 is 1. The lowest BCUT2D eigenvalue weighted by atomic mass is 9.90. The van der Waals surface area contributed by atoms with Crippen molar-refractivity contribution in [3.63, 3.8) is 0 Å². The molecule has 0 bridgehead atoms. The van der Waals surface area contributed by atoms with Crippen LogP contribution >= 0.6 is 0 Å². The summed E-state index contributed by atoms with van der Waals surface area (Å²) in [7, 11) is 1.64. The molecule has 23 heavy (non-hydrogen) atoms. The highest BCUT2D eigenvalue weighted by Gasteiger charge is 2.24. The summed E-state index contributed by atoms with van der Waals surface area (Å²) in [5.41, 5.74) is 1.84. The number of carbonyl (C=O) groups excluding carboxylic acids is 1. The van der Waals surface area contributed by atoms with E-state index in [0.717, 1.165) is 29.1 Å². The predicted molar refractivity (Wildman–Crippen MR) is 90.7 cm³/mol. The second-order valence-electron chi connectivity index (χ2n) is 5.66. The van der Waals surface area contributed by atoms with Crippen molar-refractivity contribution in [1.82, 2.24) is 0 Å². The van der Waals surface area contributed by atoms with Crippen LogP contribution in [0.5, 0.6) is 11.5 Å². The van der Waals surface area contributed by atoms with Crippen molar-refractivity contribution >= 4 is 11.9 Å². The first-order valence-electron chi connectivity index (χ1n) is 7.84. The van der Waals surface area contributed by atoms with Crippen molar-refractivity contribution in [1.29, 1.82) is 0 Å². The molecule has 1 fully saturated rings. The Morgan fingerprint density at radius 3 is 2.43 bits per heavy atom. The maximum Gasteiger partial charge on any atom is 0.159 e. The minimum Gasteiger partial charge on any atom is -0.497 e. The average Bonchev–Trinajstić information content (AvgIpc) is 2.59. The van der Waals surface area contributed by atoms with Gasteiger partial charge in [-0.3, -0.25) is 4.79 Å². The summed E-state index contributed by atoms with van der Waals surface area (Å²) in [6.45, 7) is 0. The van der Waals surface area contributed by atoms with Crippen LogP contribution in [0.25, 0.3) is 6.08 Å². The molecule has 118 valence electrons. The molecule has 3 nitrogen and oxygen atoms in total. The van der Waals surface area contributed by atoms with Gasteiger partial charge >= 0.3 is 0 Å². The van der Waals surface area contributed by atoms with E-state index in [1.807, 2.05) is 60.7 Å². The fourth-order valence-corrected chi connectivity index (χ4v) is 2.75. The predicted octanol–water partition coefficient (Wildman–Crippen LogP) is 4.28. The Morgan fingerprint density at radius 1 is 1.00 bits per heavy atom. The first-order valence-corrected chi connectivity index (χ1v) is 7.84. The summed E-state index contributed by atoms with van der Waals surface area (Å²) in [6, 6.07) is 17.5. The number of para-hydroxylation sites is 1. The Kier molecular flexibility index (Phi) is 4.77. The Bertz CT molecular complexity index is 687. The molecule has 2 aromatic rings. The number of ketones is 1. The van der Waals surface area contributed by atoms with Crippen molar-refractivity contribution in [2.75, 3.05) is 7.11 Å². The van der Waals surface area contributed by atoms with Gasteiger partial charge in [0.2, 0.25) is 0 Å². The lowest BCUT2D eigenvalue weighted by molar-refractivity contribution is -0.117. The van der Waals surface area contributed by atoms with E-state index in [-0.39, 0.29) is 11.9 Å². The van der Waals surface area contributed by atoms with Gasteiger partial charge in [0.1, 0.15) is 17.6 Å². The zero-order valence-corrected chi connectivity index (χ0v) is 13.2. The number of benzene rings is 2. The van der Waals surface area contributed by atoms with E-state index < -0.39 is 0 Å². The summed E-state index contributed by atoms with van der Waals surface area (Å²) in [5, 5.41) is 0. The van der Waals surface area contributed by atoms with E-state index in [2.05, 4.69) is 0 Å². The zero-order chi connectivity index (χ0) is 16.1. The van der Waals surface area contributed by atoms with Crippen LogP contribution in [-0.2, 0) is 4.79 Å². The quantitative estimate of drug-likeness (QED) is 0.791. The van der Waals surface area contributed by atoms with Gasteiger partial charge in [-0.1, -0.05) is 30.3 Å². The molecule has 3 heteroatoms. The van der Waals surface area contributed by atoms with Gasteiger partial charge in [0.25, 0.3) is 0 Å². The van der Waals surface area contributed by atoms with Crippen molar-refractivity contribution in [3.8, 4) is 11.5 Å². The number of Topliss-reactive ketones (excluding diaryl/α,β-unsaturated/α-hetero) is 1. The second kappa shape index (κ2) is 7.14. The van der Waals surface area contributed by atoms with E-state index >= 15 is 0 Å². The smallest absolute Gasteiger partial charge is 0.159 e. The zero-order valence-electron chi connectivity index (χ0n) is 13.2. The van der Waals surface area contributed by atoms with Gasteiger partial charge in [-0.2, -0.15) is 0 Å². The van der Waals surface area contributed by atoms with Crippen LogP contribution in [0.15, 0.2) is 60.2 Å². The third kappa shape index (κ3) is 4.01. The number of rotatable bonds is 4. The van der Waals surface area contributed by atoms with Crippen LogP contribution in [0.4, 0.5) is 0 Å². The van der Waals surface area contributed by atoms with E-state index in [0.29, 0.717) is 12.8 Å². The third-order valence-corrected chi connectivity index (χ3v) is 4.00. The highest BCUT2D eigenvalue weighted by atomic mass is 16.5. The molecule has 0 saturated heterocycles. The molecule has 1 atom stereocenters. The molecule has 1 unspecified atom stereocenters. The highest BCUT2D eigenvalue weighted by Crippen LogP contribution is 2.27. The number of hydrogen-bond acceptors (Lipinski definition) is 3. The van der Waals surface area contributed by atoms with Gasteiger partial charge in [0, 0.05) is 12.8 Å². The van der Waals surface area contributed by atoms with Gasteiger partial charge in [-0.15, -0.1) is 0 Å². The fraction of sp³-hybridized carbons (Fsp3) is 0.250. The molecule has 0 aromatic heterocycles.